The third-order valence-corrected chi connectivity index (χ3v) is 5.47. The van der Waals surface area contributed by atoms with Crippen LogP contribution in [0.5, 0.6) is 0 Å². The van der Waals surface area contributed by atoms with Crippen molar-refractivity contribution >= 4 is 15.8 Å². The van der Waals surface area contributed by atoms with Crippen LogP contribution in [0.2, 0.25) is 0 Å². The van der Waals surface area contributed by atoms with Crippen LogP contribution in [0.15, 0.2) is 51.1 Å². The van der Waals surface area contributed by atoms with Crippen molar-refractivity contribution in [3.05, 3.63) is 41.8 Å². The molecule has 1 amide bonds. The van der Waals surface area contributed by atoms with Gasteiger partial charge in [0.25, 0.3) is 0 Å². The predicted molar refractivity (Wildman–Crippen MR) is 88.8 cm³/mol. The van der Waals surface area contributed by atoms with Gasteiger partial charge in [0.05, 0.1) is 14.6 Å². The first-order valence-corrected chi connectivity index (χ1v) is 8.72. The maximum absolute atomic E-state index is 12.9. The third kappa shape index (κ3) is 4.87. The fourth-order valence-electron chi connectivity index (χ4n) is 2.24. The number of benzene rings is 1. The first kappa shape index (κ1) is 18.2. The van der Waals surface area contributed by atoms with Crippen LogP contribution in [0, 0.1) is 11.8 Å². The van der Waals surface area contributed by atoms with Gasteiger partial charge in [-0.3, -0.25) is 0 Å². The predicted octanol–water partition coefficient (Wildman–Crippen LogP) is 3.41. The van der Waals surface area contributed by atoms with E-state index in [9.17, 15) is 9.00 Å². The molecule has 0 fully saturated rings. The van der Waals surface area contributed by atoms with E-state index in [0.29, 0.717) is 4.90 Å². The molecule has 0 aromatic heterocycles. The zero-order chi connectivity index (χ0) is 16.8. The molecule has 1 aromatic rings. The molecule has 0 aliphatic rings. The summed E-state index contributed by atoms with van der Waals surface area (Å²) in [6, 6.07) is 9.09. The highest BCUT2D eigenvalue weighted by molar-refractivity contribution is 7.96. The summed E-state index contributed by atoms with van der Waals surface area (Å²) >= 11 is 0. The molecule has 0 radical (unpaired) electrons. The molecule has 1 aromatic carbocycles. The highest BCUT2D eigenvalue weighted by Gasteiger charge is 2.22. The van der Waals surface area contributed by atoms with E-state index in [1.165, 1.54) is 7.05 Å². The van der Waals surface area contributed by atoms with Crippen molar-refractivity contribution in [2.75, 3.05) is 7.05 Å². The smallest absolute Gasteiger partial charge is 0.404 e. The number of rotatable bonds is 6. The Balaban J connectivity index is 3.08. The van der Waals surface area contributed by atoms with E-state index in [0.717, 1.165) is 0 Å². The zero-order valence-corrected chi connectivity index (χ0v) is 14.2. The van der Waals surface area contributed by atoms with Gasteiger partial charge in [0.1, 0.15) is 6.10 Å². The van der Waals surface area contributed by atoms with Gasteiger partial charge in [0, 0.05) is 18.4 Å². The van der Waals surface area contributed by atoms with Crippen LogP contribution in [-0.4, -0.2) is 23.5 Å². The van der Waals surface area contributed by atoms with Gasteiger partial charge in [-0.25, -0.2) is 13.4 Å². The van der Waals surface area contributed by atoms with E-state index in [4.69, 9.17) is 10.5 Å². The molecule has 0 saturated carbocycles. The second-order valence-corrected chi connectivity index (χ2v) is 7.60. The Morgan fingerprint density at radius 3 is 2.32 bits per heavy atom. The summed E-state index contributed by atoms with van der Waals surface area (Å²) in [6.07, 6.45) is 0.598. The van der Waals surface area contributed by atoms with E-state index in [1.54, 1.807) is 30.5 Å². The van der Waals surface area contributed by atoms with Crippen LogP contribution in [-0.2, 0) is 14.5 Å². The molecule has 3 atom stereocenters. The number of ether oxygens (including phenoxy) is 1. The van der Waals surface area contributed by atoms with Crippen LogP contribution < -0.4 is 5.73 Å². The summed E-state index contributed by atoms with van der Waals surface area (Å²) in [4.78, 5) is 11.6. The van der Waals surface area contributed by atoms with Crippen molar-refractivity contribution in [1.82, 2.24) is 0 Å². The van der Waals surface area contributed by atoms with Crippen molar-refractivity contribution in [1.29, 1.82) is 0 Å². The van der Waals surface area contributed by atoms with Crippen molar-refractivity contribution in [2.45, 2.75) is 31.8 Å². The molecule has 0 spiro atoms. The molecular formula is C16H24N2O3S. The summed E-state index contributed by atoms with van der Waals surface area (Å²) in [6.45, 7) is 5.78. The Bertz CT molecular complexity index is 632. The average Bonchev–Trinajstić information content (AvgIpc) is 2.47. The lowest BCUT2D eigenvalue weighted by Gasteiger charge is -2.23. The molecule has 0 bridgehead atoms. The number of carbonyl (C=O) groups is 1. The Hall–Kier alpha value is -1.82. The number of nitrogens with zero attached hydrogens (tertiary/aromatic N) is 1. The fraction of sp³-hybridized carbons (Fsp3) is 0.438. The normalized spacial score (nSPS) is 17.0. The van der Waals surface area contributed by atoms with Crippen molar-refractivity contribution in [3.8, 4) is 0 Å². The average molecular weight is 324 g/mol. The summed E-state index contributed by atoms with van der Waals surface area (Å²) in [5, 5.41) is 1.61. The number of hydrogen-bond donors (Lipinski definition) is 1. The number of hydrogen-bond acceptors (Lipinski definition) is 4. The fourth-order valence-corrected chi connectivity index (χ4v) is 3.67. The molecule has 0 aliphatic carbocycles. The minimum atomic E-state index is -2.62. The number of primary amides is 1. The maximum Gasteiger partial charge on any atom is 0.404 e. The lowest BCUT2D eigenvalue weighted by Crippen LogP contribution is -2.29. The first-order valence-electron chi connectivity index (χ1n) is 7.14. The van der Waals surface area contributed by atoms with E-state index >= 15 is 0 Å². The van der Waals surface area contributed by atoms with Crippen molar-refractivity contribution < 1.29 is 13.7 Å². The summed E-state index contributed by atoms with van der Waals surface area (Å²) in [5.41, 5.74) is 5.07. The number of nitrogens with two attached hydrogens (primary N) is 1. The van der Waals surface area contributed by atoms with Crippen LogP contribution in [0.3, 0.4) is 0 Å². The van der Waals surface area contributed by atoms with Crippen LogP contribution >= 0.6 is 0 Å². The van der Waals surface area contributed by atoms with Crippen LogP contribution in [0.25, 0.3) is 0 Å². The lowest BCUT2D eigenvalue weighted by atomic mass is 9.91. The second-order valence-electron chi connectivity index (χ2n) is 5.36. The number of amides is 1. The van der Waals surface area contributed by atoms with Gasteiger partial charge in [0.2, 0.25) is 0 Å². The molecule has 1 rings (SSSR count). The third-order valence-electron chi connectivity index (χ3n) is 3.45. The lowest BCUT2D eigenvalue weighted by molar-refractivity contribution is 0.0802. The zero-order valence-electron chi connectivity index (χ0n) is 13.4. The van der Waals surface area contributed by atoms with Gasteiger partial charge in [-0.1, -0.05) is 38.1 Å². The molecule has 22 heavy (non-hydrogen) atoms. The molecule has 0 aliphatic heterocycles. The molecule has 122 valence electrons. The summed E-state index contributed by atoms with van der Waals surface area (Å²) in [7, 11) is -1.09. The molecular weight excluding hydrogens is 300 g/mol. The van der Waals surface area contributed by atoms with E-state index in [-0.39, 0.29) is 11.8 Å². The Morgan fingerprint density at radius 1 is 1.27 bits per heavy atom. The van der Waals surface area contributed by atoms with Gasteiger partial charge < -0.3 is 10.5 Å². The van der Waals surface area contributed by atoms with Gasteiger partial charge >= 0.3 is 6.09 Å². The molecule has 0 heterocycles. The molecule has 1 unspecified atom stereocenters. The summed E-state index contributed by atoms with van der Waals surface area (Å²) < 4.78 is 22.0. The Kier molecular flexibility index (Phi) is 6.61. The van der Waals surface area contributed by atoms with Crippen LogP contribution in [0.4, 0.5) is 4.79 Å². The van der Waals surface area contributed by atoms with Crippen molar-refractivity contribution in [2.24, 2.45) is 21.9 Å². The van der Waals surface area contributed by atoms with E-state index < -0.39 is 21.9 Å². The monoisotopic (exact) mass is 324 g/mol. The van der Waals surface area contributed by atoms with Gasteiger partial charge in [-0.2, -0.15) is 0 Å². The van der Waals surface area contributed by atoms with Gasteiger partial charge in [-0.05, 0) is 25.0 Å². The second kappa shape index (κ2) is 7.98. The topological polar surface area (TPSA) is 81.8 Å². The van der Waals surface area contributed by atoms with Crippen LogP contribution in [0.1, 0.15) is 20.8 Å². The molecule has 6 heteroatoms. The Labute approximate surface area is 132 Å². The number of carbonyl (C=O) groups excluding carboxylic acids is 1. The minimum absolute atomic E-state index is 0.0983. The first-order chi connectivity index (χ1) is 10.3. The largest absolute Gasteiger partial charge is 0.446 e. The van der Waals surface area contributed by atoms with Gasteiger partial charge in [-0.15, -0.1) is 0 Å². The molecule has 5 nitrogen and oxygen atoms in total. The van der Waals surface area contributed by atoms with E-state index in [2.05, 4.69) is 4.36 Å². The van der Waals surface area contributed by atoms with Gasteiger partial charge in [0.15, 0.2) is 0 Å². The highest BCUT2D eigenvalue weighted by Crippen LogP contribution is 2.22. The SMILES string of the molecule is CN=S(=O)(/C=C\[C@@H](C(C)C)[C@H](C)OC(N)=O)c1ccccc1. The van der Waals surface area contributed by atoms with Crippen molar-refractivity contribution in [3.63, 3.8) is 0 Å². The van der Waals surface area contributed by atoms with E-state index in [1.807, 2.05) is 32.0 Å². The standard InChI is InChI=1S/C16H24N2O3S/c1-12(2)15(13(3)21-16(17)19)10-11-22(20,18-4)14-8-6-5-7-9-14/h5-13,15H,1-4H3,(H2,17,19)/b11-10-/t13-,15-,22?/m0/s1. The quantitative estimate of drug-likeness (QED) is 0.870. The maximum atomic E-state index is 12.9. The molecule has 2 N–H and O–H groups in total. The highest BCUT2D eigenvalue weighted by atomic mass is 32.2. The molecule has 0 saturated heterocycles. The Morgan fingerprint density at radius 2 is 1.86 bits per heavy atom. The summed E-state index contributed by atoms with van der Waals surface area (Å²) in [5.74, 6) is 0.0978. The minimum Gasteiger partial charge on any atom is -0.446 e.